The summed E-state index contributed by atoms with van der Waals surface area (Å²) in [5, 5.41) is 3.03. The molecule has 5 nitrogen and oxygen atoms in total. The van der Waals surface area contributed by atoms with E-state index in [1.165, 1.54) is 18.6 Å². The molecule has 2 heterocycles. The summed E-state index contributed by atoms with van der Waals surface area (Å²) in [6.45, 7) is 2.38. The fourth-order valence-electron chi connectivity index (χ4n) is 3.69. The SMILES string of the molecule is O=C(NCc1ccc2c(c1)OCO2)C(c1ccc(F)cc1)N1CCCCC1. The van der Waals surface area contributed by atoms with E-state index in [-0.39, 0.29) is 18.5 Å². The maximum Gasteiger partial charge on any atom is 0.242 e. The first-order valence-electron chi connectivity index (χ1n) is 9.36. The summed E-state index contributed by atoms with van der Waals surface area (Å²) < 4.78 is 24.0. The summed E-state index contributed by atoms with van der Waals surface area (Å²) in [5.74, 6) is 1.06. The summed E-state index contributed by atoms with van der Waals surface area (Å²) in [6.07, 6.45) is 3.34. The van der Waals surface area contributed by atoms with Crippen molar-refractivity contribution in [2.45, 2.75) is 31.8 Å². The number of nitrogens with one attached hydrogen (secondary N) is 1. The largest absolute Gasteiger partial charge is 0.454 e. The maximum atomic E-state index is 13.3. The van der Waals surface area contributed by atoms with Crippen LogP contribution in [0, 0.1) is 5.82 Å². The molecule has 2 aromatic rings. The number of halogens is 1. The van der Waals surface area contributed by atoms with E-state index >= 15 is 0 Å². The Morgan fingerprint density at radius 3 is 2.56 bits per heavy atom. The number of carbonyl (C=O) groups excluding carboxylic acids is 1. The summed E-state index contributed by atoms with van der Waals surface area (Å²) in [7, 11) is 0. The Balaban J connectivity index is 1.48. The molecule has 0 bridgehead atoms. The van der Waals surface area contributed by atoms with Crippen LogP contribution >= 0.6 is 0 Å². The molecule has 2 aliphatic heterocycles. The van der Waals surface area contributed by atoms with E-state index in [0.717, 1.165) is 42.8 Å². The average Bonchev–Trinajstić information content (AvgIpc) is 3.17. The number of likely N-dealkylation sites (tertiary alicyclic amines) is 1. The van der Waals surface area contributed by atoms with Crippen molar-refractivity contribution in [3.05, 3.63) is 59.4 Å². The third-order valence-corrected chi connectivity index (χ3v) is 5.09. The van der Waals surface area contributed by atoms with Gasteiger partial charge < -0.3 is 14.8 Å². The number of benzene rings is 2. The van der Waals surface area contributed by atoms with Gasteiger partial charge >= 0.3 is 0 Å². The van der Waals surface area contributed by atoms with Gasteiger partial charge in [-0.15, -0.1) is 0 Å². The van der Waals surface area contributed by atoms with E-state index in [1.807, 2.05) is 18.2 Å². The van der Waals surface area contributed by atoms with Crippen LogP contribution in [0.1, 0.15) is 36.4 Å². The highest BCUT2D eigenvalue weighted by Crippen LogP contribution is 2.32. The van der Waals surface area contributed by atoms with Crippen molar-refractivity contribution >= 4 is 5.91 Å². The molecule has 142 valence electrons. The molecular formula is C21H23FN2O3. The molecule has 2 aromatic carbocycles. The van der Waals surface area contributed by atoms with Crippen molar-refractivity contribution in [3.8, 4) is 11.5 Å². The van der Waals surface area contributed by atoms with E-state index < -0.39 is 6.04 Å². The van der Waals surface area contributed by atoms with Crippen molar-refractivity contribution in [1.29, 1.82) is 0 Å². The van der Waals surface area contributed by atoms with Crippen molar-refractivity contribution < 1.29 is 18.7 Å². The lowest BCUT2D eigenvalue weighted by molar-refractivity contribution is -0.127. The molecule has 1 saturated heterocycles. The van der Waals surface area contributed by atoms with E-state index in [2.05, 4.69) is 10.2 Å². The minimum atomic E-state index is -0.403. The molecule has 1 amide bonds. The van der Waals surface area contributed by atoms with Gasteiger partial charge in [0.05, 0.1) is 0 Å². The molecule has 6 heteroatoms. The number of fused-ring (bicyclic) bond motifs is 1. The van der Waals surface area contributed by atoms with Crippen molar-refractivity contribution in [2.24, 2.45) is 0 Å². The van der Waals surface area contributed by atoms with Crippen LogP contribution in [0.25, 0.3) is 0 Å². The first-order chi connectivity index (χ1) is 13.2. The number of amides is 1. The van der Waals surface area contributed by atoms with E-state index in [9.17, 15) is 9.18 Å². The molecule has 1 fully saturated rings. The standard InChI is InChI=1S/C21H23FN2O3/c22-17-7-5-16(6-8-17)20(24-10-2-1-3-11-24)21(25)23-13-15-4-9-18-19(12-15)27-14-26-18/h4-9,12,20H,1-3,10-11,13-14H2,(H,23,25). The average molecular weight is 370 g/mol. The highest BCUT2D eigenvalue weighted by molar-refractivity contribution is 5.83. The van der Waals surface area contributed by atoms with Crippen LogP contribution in [0.4, 0.5) is 4.39 Å². The summed E-state index contributed by atoms with van der Waals surface area (Å²) in [5.41, 5.74) is 1.77. The Labute approximate surface area is 158 Å². The quantitative estimate of drug-likeness (QED) is 0.877. The fourth-order valence-corrected chi connectivity index (χ4v) is 3.69. The van der Waals surface area contributed by atoms with Crippen LogP contribution in [0.2, 0.25) is 0 Å². The minimum absolute atomic E-state index is 0.0684. The zero-order valence-corrected chi connectivity index (χ0v) is 15.1. The molecule has 1 N–H and O–H groups in total. The summed E-state index contributed by atoms with van der Waals surface area (Å²) in [4.78, 5) is 15.2. The van der Waals surface area contributed by atoms with E-state index in [0.29, 0.717) is 12.3 Å². The lowest BCUT2D eigenvalue weighted by Gasteiger charge is -2.34. The van der Waals surface area contributed by atoms with Gasteiger partial charge in [0.2, 0.25) is 12.7 Å². The molecule has 0 spiro atoms. The second kappa shape index (κ2) is 7.96. The van der Waals surface area contributed by atoms with Gasteiger partial charge in [0, 0.05) is 6.54 Å². The Kier molecular flexibility index (Phi) is 5.25. The van der Waals surface area contributed by atoms with Gasteiger partial charge in [0.25, 0.3) is 0 Å². The zero-order valence-electron chi connectivity index (χ0n) is 15.1. The highest BCUT2D eigenvalue weighted by atomic mass is 19.1. The molecule has 1 atom stereocenters. The topological polar surface area (TPSA) is 50.8 Å². The lowest BCUT2D eigenvalue weighted by Crippen LogP contribution is -2.42. The Morgan fingerprint density at radius 1 is 1.04 bits per heavy atom. The fraction of sp³-hybridized carbons (Fsp3) is 0.381. The van der Waals surface area contributed by atoms with E-state index in [4.69, 9.17) is 9.47 Å². The molecule has 27 heavy (non-hydrogen) atoms. The Morgan fingerprint density at radius 2 is 1.78 bits per heavy atom. The van der Waals surface area contributed by atoms with Crippen molar-refractivity contribution in [2.75, 3.05) is 19.9 Å². The molecule has 0 saturated carbocycles. The highest BCUT2D eigenvalue weighted by Gasteiger charge is 2.28. The van der Waals surface area contributed by atoms with E-state index in [1.54, 1.807) is 12.1 Å². The van der Waals surface area contributed by atoms with Gasteiger partial charge in [0.1, 0.15) is 11.9 Å². The normalized spacial score (nSPS) is 17.5. The second-order valence-electron chi connectivity index (χ2n) is 6.96. The number of piperidine rings is 1. The van der Waals surface area contributed by atoms with Crippen LogP contribution in [-0.2, 0) is 11.3 Å². The monoisotopic (exact) mass is 370 g/mol. The number of carbonyl (C=O) groups is 1. The summed E-state index contributed by atoms with van der Waals surface area (Å²) in [6, 6.07) is 11.5. The number of nitrogens with zero attached hydrogens (tertiary/aromatic N) is 1. The van der Waals surface area contributed by atoms with Gasteiger partial charge in [-0.25, -0.2) is 4.39 Å². The van der Waals surface area contributed by atoms with Gasteiger partial charge in [0.15, 0.2) is 11.5 Å². The van der Waals surface area contributed by atoms with Crippen LogP contribution in [-0.4, -0.2) is 30.7 Å². The predicted octanol–water partition coefficient (Wildman–Crippen LogP) is 3.40. The maximum absolute atomic E-state index is 13.3. The molecule has 1 unspecified atom stereocenters. The molecule has 0 aromatic heterocycles. The molecule has 4 rings (SSSR count). The van der Waals surface area contributed by atoms with Crippen LogP contribution in [0.15, 0.2) is 42.5 Å². The smallest absolute Gasteiger partial charge is 0.242 e. The van der Waals surface area contributed by atoms with Gasteiger partial charge in [-0.3, -0.25) is 9.69 Å². The Hall–Kier alpha value is -2.60. The predicted molar refractivity (Wildman–Crippen MR) is 99.0 cm³/mol. The van der Waals surface area contributed by atoms with Crippen LogP contribution in [0.5, 0.6) is 11.5 Å². The number of rotatable bonds is 5. The molecule has 2 aliphatic rings. The minimum Gasteiger partial charge on any atom is -0.454 e. The van der Waals surface area contributed by atoms with Gasteiger partial charge in [-0.2, -0.15) is 0 Å². The molecule has 0 radical (unpaired) electrons. The van der Waals surface area contributed by atoms with Gasteiger partial charge in [-0.1, -0.05) is 24.6 Å². The number of hydrogen-bond donors (Lipinski definition) is 1. The lowest BCUT2D eigenvalue weighted by atomic mass is 10.0. The van der Waals surface area contributed by atoms with Crippen LogP contribution in [0.3, 0.4) is 0 Å². The third-order valence-electron chi connectivity index (χ3n) is 5.09. The summed E-state index contributed by atoms with van der Waals surface area (Å²) >= 11 is 0. The van der Waals surface area contributed by atoms with Crippen molar-refractivity contribution in [3.63, 3.8) is 0 Å². The first-order valence-corrected chi connectivity index (χ1v) is 9.36. The third kappa shape index (κ3) is 4.06. The molecule has 0 aliphatic carbocycles. The Bertz CT molecular complexity index is 804. The zero-order chi connectivity index (χ0) is 18.6. The second-order valence-corrected chi connectivity index (χ2v) is 6.96. The molecular weight excluding hydrogens is 347 g/mol. The van der Waals surface area contributed by atoms with Crippen molar-refractivity contribution in [1.82, 2.24) is 10.2 Å². The first kappa shape index (κ1) is 17.8. The number of hydrogen-bond acceptors (Lipinski definition) is 4. The number of ether oxygens (including phenoxy) is 2. The van der Waals surface area contributed by atoms with Gasteiger partial charge in [-0.05, 0) is 61.3 Å². The van der Waals surface area contributed by atoms with Crippen LogP contribution < -0.4 is 14.8 Å².